The van der Waals surface area contributed by atoms with Crippen molar-refractivity contribution in [1.29, 1.82) is 0 Å². The maximum atomic E-state index is 13.4. The van der Waals surface area contributed by atoms with Crippen LogP contribution in [-0.4, -0.2) is 76.1 Å². The van der Waals surface area contributed by atoms with E-state index in [-0.39, 0.29) is 37.2 Å². The first-order chi connectivity index (χ1) is 18.9. The lowest BCUT2D eigenvalue weighted by Gasteiger charge is -2.26. The number of benzene rings is 2. The summed E-state index contributed by atoms with van der Waals surface area (Å²) in [4.78, 5) is 45.5. The van der Waals surface area contributed by atoms with E-state index in [9.17, 15) is 19.5 Å². The van der Waals surface area contributed by atoms with Crippen LogP contribution in [0.2, 0.25) is 0 Å². The molecule has 6 N–H and O–H groups in total. The summed E-state index contributed by atoms with van der Waals surface area (Å²) in [6, 6.07) is 17.2. The maximum Gasteiger partial charge on any atom is 0.249 e. The van der Waals surface area contributed by atoms with Gasteiger partial charge in [-0.25, -0.2) is 0 Å². The molecule has 2 aromatic carbocycles. The first-order valence-corrected chi connectivity index (χ1v) is 13.3. The van der Waals surface area contributed by atoms with Crippen molar-refractivity contribution in [2.24, 2.45) is 5.73 Å². The van der Waals surface area contributed by atoms with Crippen LogP contribution in [0.25, 0.3) is 10.9 Å². The van der Waals surface area contributed by atoms with Crippen molar-refractivity contribution in [3.63, 3.8) is 0 Å². The molecule has 2 saturated heterocycles. The highest BCUT2D eigenvalue weighted by molar-refractivity contribution is 5.99. The number of aliphatic hydroxyl groups excluding tert-OH is 1. The zero-order valence-electron chi connectivity index (χ0n) is 21.6. The monoisotopic (exact) mass is 530 g/mol. The molecule has 2 aliphatic heterocycles. The Kier molecular flexibility index (Phi) is 8.16. The van der Waals surface area contributed by atoms with Crippen LogP contribution >= 0.6 is 0 Å². The van der Waals surface area contributed by atoms with Crippen LogP contribution in [0.3, 0.4) is 0 Å². The van der Waals surface area contributed by atoms with Gasteiger partial charge in [0, 0.05) is 30.6 Å². The normalized spacial score (nSPS) is 23.5. The Balaban J connectivity index is 1.26. The fourth-order valence-corrected chi connectivity index (χ4v) is 5.33. The number of aromatic nitrogens is 1. The molecule has 10 heteroatoms. The van der Waals surface area contributed by atoms with E-state index < -0.39 is 30.1 Å². The number of aryl methyl sites for hydroxylation is 1. The van der Waals surface area contributed by atoms with Crippen molar-refractivity contribution >= 4 is 34.3 Å². The number of fused-ring (bicyclic) bond motifs is 1. The highest BCUT2D eigenvalue weighted by Crippen LogP contribution is 2.24. The van der Waals surface area contributed by atoms with Crippen molar-refractivity contribution in [1.82, 2.24) is 20.5 Å². The molecule has 39 heavy (non-hydrogen) atoms. The van der Waals surface area contributed by atoms with Crippen molar-refractivity contribution in [2.45, 2.75) is 56.0 Å². The molecular weight excluding hydrogens is 496 g/mol. The Morgan fingerprint density at radius 2 is 1.87 bits per heavy atom. The molecule has 3 heterocycles. The van der Waals surface area contributed by atoms with Gasteiger partial charge in [-0.2, -0.15) is 0 Å². The van der Waals surface area contributed by atoms with Gasteiger partial charge in [0.25, 0.3) is 0 Å². The van der Waals surface area contributed by atoms with E-state index in [0.717, 1.165) is 16.5 Å². The number of carbonyl (C=O) groups is 3. The standard InChI is InChI=1S/C29H34N6O4/c30-20-13-24(31-15-20)29(39)35-17-22(34-28(38)26(36)11-10-18-6-2-1-3-7-18)14-25(35)27(37)33-21-12-19-8-4-5-9-23(19)32-16-21/h1-9,12,16,20,22,24-26,31,36H,10-11,13-15,17,30H2,(H,33,37)(H,34,38)/t20-,22+,24+,25+,26-/m1/s1. The average molecular weight is 531 g/mol. The van der Waals surface area contributed by atoms with E-state index in [1.807, 2.05) is 60.7 Å². The Morgan fingerprint density at radius 3 is 2.64 bits per heavy atom. The molecule has 0 radical (unpaired) electrons. The van der Waals surface area contributed by atoms with Crippen LogP contribution in [0, 0.1) is 0 Å². The zero-order chi connectivity index (χ0) is 27.4. The summed E-state index contributed by atoms with van der Waals surface area (Å²) >= 11 is 0. The number of amides is 3. The van der Waals surface area contributed by atoms with Crippen LogP contribution < -0.4 is 21.7 Å². The van der Waals surface area contributed by atoms with Crippen LogP contribution in [0.5, 0.6) is 0 Å². The van der Waals surface area contributed by atoms with Crippen LogP contribution in [0.15, 0.2) is 66.9 Å². The number of likely N-dealkylation sites (tertiary alicyclic amines) is 1. The maximum absolute atomic E-state index is 13.4. The predicted octanol–water partition coefficient (Wildman–Crippen LogP) is 0.942. The Bertz CT molecular complexity index is 1340. The summed E-state index contributed by atoms with van der Waals surface area (Å²) in [7, 11) is 0. The van der Waals surface area contributed by atoms with E-state index in [0.29, 0.717) is 25.1 Å². The van der Waals surface area contributed by atoms with Gasteiger partial charge in [-0.3, -0.25) is 19.4 Å². The smallest absolute Gasteiger partial charge is 0.249 e. The number of nitrogens with zero attached hydrogens (tertiary/aromatic N) is 2. The molecule has 3 amide bonds. The summed E-state index contributed by atoms with van der Waals surface area (Å²) < 4.78 is 0. The lowest BCUT2D eigenvalue weighted by Crippen LogP contribution is -2.50. The quantitative estimate of drug-likeness (QED) is 0.291. The van der Waals surface area contributed by atoms with Gasteiger partial charge < -0.3 is 31.7 Å². The van der Waals surface area contributed by atoms with Gasteiger partial charge in [0.15, 0.2) is 0 Å². The van der Waals surface area contributed by atoms with Crippen molar-refractivity contribution in [2.75, 3.05) is 18.4 Å². The van der Waals surface area contributed by atoms with E-state index in [4.69, 9.17) is 5.73 Å². The van der Waals surface area contributed by atoms with Crippen molar-refractivity contribution < 1.29 is 19.5 Å². The van der Waals surface area contributed by atoms with Gasteiger partial charge >= 0.3 is 0 Å². The van der Waals surface area contributed by atoms with E-state index >= 15 is 0 Å². The van der Waals surface area contributed by atoms with Crippen molar-refractivity contribution in [3.8, 4) is 0 Å². The van der Waals surface area contributed by atoms with E-state index in [2.05, 4.69) is 20.9 Å². The number of para-hydroxylation sites is 1. The largest absolute Gasteiger partial charge is 0.383 e. The first kappa shape index (κ1) is 26.7. The number of carbonyl (C=O) groups excluding carboxylic acids is 3. The molecule has 2 fully saturated rings. The minimum Gasteiger partial charge on any atom is -0.383 e. The molecule has 5 rings (SSSR count). The summed E-state index contributed by atoms with van der Waals surface area (Å²) in [5, 5.41) is 20.2. The third-order valence-corrected chi connectivity index (χ3v) is 7.41. The fraction of sp³-hybridized carbons (Fsp3) is 0.379. The summed E-state index contributed by atoms with van der Waals surface area (Å²) in [6.45, 7) is 0.690. The Morgan fingerprint density at radius 1 is 1.10 bits per heavy atom. The van der Waals surface area contributed by atoms with Gasteiger partial charge in [-0.1, -0.05) is 48.5 Å². The Hall–Kier alpha value is -3.86. The van der Waals surface area contributed by atoms with Gasteiger partial charge in [0.2, 0.25) is 17.7 Å². The third kappa shape index (κ3) is 6.42. The van der Waals surface area contributed by atoms with Gasteiger partial charge in [0.1, 0.15) is 12.1 Å². The Labute approximate surface area is 227 Å². The van der Waals surface area contributed by atoms with Gasteiger partial charge in [-0.15, -0.1) is 0 Å². The highest BCUT2D eigenvalue weighted by Gasteiger charge is 2.43. The molecule has 0 aliphatic carbocycles. The molecule has 2 aliphatic rings. The molecule has 0 spiro atoms. The average Bonchev–Trinajstić information content (AvgIpc) is 3.58. The second-order valence-electron chi connectivity index (χ2n) is 10.4. The zero-order valence-corrected chi connectivity index (χ0v) is 21.6. The topological polar surface area (TPSA) is 150 Å². The van der Waals surface area contributed by atoms with Crippen molar-refractivity contribution in [3.05, 3.63) is 72.4 Å². The summed E-state index contributed by atoms with van der Waals surface area (Å²) in [5.74, 6) is -1.09. The van der Waals surface area contributed by atoms with Crippen LogP contribution in [0.4, 0.5) is 5.69 Å². The number of rotatable bonds is 8. The molecule has 5 atom stereocenters. The lowest BCUT2D eigenvalue weighted by molar-refractivity contribution is -0.138. The molecule has 10 nitrogen and oxygen atoms in total. The number of pyridine rings is 1. The number of aliphatic hydroxyl groups is 1. The first-order valence-electron chi connectivity index (χ1n) is 13.3. The molecule has 204 valence electrons. The second-order valence-corrected chi connectivity index (χ2v) is 10.4. The minimum atomic E-state index is -1.19. The molecule has 0 bridgehead atoms. The predicted molar refractivity (Wildman–Crippen MR) is 148 cm³/mol. The van der Waals surface area contributed by atoms with E-state index in [1.54, 1.807) is 6.20 Å². The lowest BCUT2D eigenvalue weighted by atomic mass is 10.1. The summed E-state index contributed by atoms with van der Waals surface area (Å²) in [6.07, 6.45) is 1.93. The highest BCUT2D eigenvalue weighted by atomic mass is 16.3. The van der Waals surface area contributed by atoms with Crippen LogP contribution in [0.1, 0.15) is 24.8 Å². The van der Waals surface area contributed by atoms with Gasteiger partial charge in [0.05, 0.1) is 23.4 Å². The van der Waals surface area contributed by atoms with Crippen LogP contribution in [-0.2, 0) is 20.8 Å². The molecule has 1 aromatic heterocycles. The number of anilines is 1. The number of nitrogens with one attached hydrogen (secondary N) is 3. The van der Waals surface area contributed by atoms with E-state index in [1.165, 1.54) is 4.90 Å². The summed E-state index contributed by atoms with van der Waals surface area (Å²) in [5.41, 5.74) is 8.36. The second kappa shape index (κ2) is 11.9. The molecule has 0 saturated carbocycles. The molecular formula is C29H34N6O4. The number of nitrogens with two attached hydrogens (primary N) is 1. The minimum absolute atomic E-state index is 0.132. The molecule has 0 unspecified atom stereocenters. The number of hydrogen-bond donors (Lipinski definition) is 5. The van der Waals surface area contributed by atoms with Gasteiger partial charge in [-0.05, 0) is 43.4 Å². The SMILES string of the molecule is N[C@H]1CN[C@H](C(=O)N2C[C@@H](NC(=O)[C@H](O)CCc3ccccc3)C[C@H]2C(=O)Nc2cnc3ccccc3c2)C1. The molecule has 3 aromatic rings. The third-order valence-electron chi connectivity index (χ3n) is 7.41. The fourth-order valence-electron chi connectivity index (χ4n) is 5.33. The number of hydrogen-bond acceptors (Lipinski definition) is 7.